The van der Waals surface area contributed by atoms with Gasteiger partial charge in [0.25, 0.3) is 0 Å². The molecule has 2 atom stereocenters. The molecule has 0 aliphatic rings. The maximum Gasteiger partial charge on any atom is 0.148 e. The minimum absolute atomic E-state index is 0.0637. The number of rotatable bonds is 6. The van der Waals surface area contributed by atoms with E-state index in [2.05, 4.69) is 5.32 Å². The van der Waals surface area contributed by atoms with E-state index >= 15 is 0 Å². The van der Waals surface area contributed by atoms with Gasteiger partial charge >= 0.3 is 0 Å². The summed E-state index contributed by atoms with van der Waals surface area (Å²) in [5, 5.41) is 13.1. The number of hydrogen-bond donors (Lipinski definition) is 2. The van der Waals surface area contributed by atoms with Crippen LogP contribution in [0.4, 0.5) is 0 Å². The average molecular weight is 287 g/mol. The number of aromatic hydroxyl groups is 1. The van der Waals surface area contributed by atoms with Crippen molar-refractivity contribution in [2.45, 2.75) is 25.9 Å². The third-order valence-electron chi connectivity index (χ3n) is 2.79. The lowest BCUT2D eigenvalue weighted by molar-refractivity contribution is 0.402. The van der Waals surface area contributed by atoms with Gasteiger partial charge in [-0.3, -0.25) is 0 Å². The monoisotopic (exact) mass is 287 g/mol. The van der Waals surface area contributed by atoms with Crippen molar-refractivity contribution in [3.8, 4) is 11.5 Å². The highest BCUT2D eigenvalue weighted by atomic mass is 32.2. The SMILES string of the molecule is COc1ccc(C(C)NC(C)CS(C)(=O)=O)c(O)c1. The van der Waals surface area contributed by atoms with E-state index in [0.29, 0.717) is 11.3 Å². The van der Waals surface area contributed by atoms with Gasteiger partial charge in [0.15, 0.2) is 0 Å². The van der Waals surface area contributed by atoms with Crippen LogP contribution in [0.5, 0.6) is 11.5 Å². The van der Waals surface area contributed by atoms with Crippen LogP contribution in [0, 0.1) is 0 Å². The summed E-state index contributed by atoms with van der Waals surface area (Å²) in [6.07, 6.45) is 1.21. The molecule has 0 amide bonds. The number of methoxy groups -OCH3 is 1. The molecule has 0 aromatic heterocycles. The fraction of sp³-hybridized carbons (Fsp3) is 0.538. The van der Waals surface area contributed by atoms with Crippen LogP contribution in [-0.4, -0.2) is 38.7 Å². The topological polar surface area (TPSA) is 75.6 Å². The molecule has 0 bridgehead atoms. The molecule has 0 aliphatic heterocycles. The zero-order valence-corrected chi connectivity index (χ0v) is 12.5. The third-order valence-corrected chi connectivity index (χ3v) is 3.90. The number of phenolic OH excluding ortho intramolecular Hbond substituents is 1. The molecule has 0 aliphatic carbocycles. The van der Waals surface area contributed by atoms with Gasteiger partial charge in [-0.25, -0.2) is 8.42 Å². The molecule has 1 aromatic carbocycles. The number of phenols is 1. The molecule has 0 radical (unpaired) electrons. The Morgan fingerprint density at radius 1 is 1.37 bits per heavy atom. The van der Waals surface area contributed by atoms with E-state index in [4.69, 9.17) is 4.74 Å². The second kappa shape index (κ2) is 6.25. The largest absolute Gasteiger partial charge is 0.507 e. The highest BCUT2D eigenvalue weighted by molar-refractivity contribution is 7.90. The zero-order chi connectivity index (χ0) is 14.6. The zero-order valence-electron chi connectivity index (χ0n) is 11.7. The van der Waals surface area contributed by atoms with E-state index < -0.39 is 9.84 Å². The van der Waals surface area contributed by atoms with Gasteiger partial charge in [-0.2, -0.15) is 0 Å². The van der Waals surface area contributed by atoms with Gasteiger partial charge in [0, 0.05) is 30.0 Å². The molecule has 0 spiro atoms. The molecule has 0 saturated heterocycles. The maximum absolute atomic E-state index is 11.2. The van der Waals surface area contributed by atoms with Gasteiger partial charge < -0.3 is 15.2 Å². The molecule has 1 aromatic rings. The molecular formula is C13H21NO4S. The van der Waals surface area contributed by atoms with E-state index in [-0.39, 0.29) is 23.6 Å². The standard InChI is InChI=1S/C13H21NO4S/c1-9(8-19(4,16)17)14-10(2)12-6-5-11(18-3)7-13(12)15/h5-7,9-10,14-15H,8H2,1-4H3. The first kappa shape index (κ1) is 15.8. The fourth-order valence-electron chi connectivity index (χ4n) is 2.04. The summed E-state index contributed by atoms with van der Waals surface area (Å²) in [5.74, 6) is 0.775. The van der Waals surface area contributed by atoms with Crippen molar-refractivity contribution in [1.82, 2.24) is 5.32 Å². The number of nitrogens with one attached hydrogen (secondary N) is 1. The van der Waals surface area contributed by atoms with Crippen LogP contribution in [0.3, 0.4) is 0 Å². The van der Waals surface area contributed by atoms with Crippen LogP contribution < -0.4 is 10.1 Å². The Bertz CT molecular complexity index is 527. The molecule has 0 fully saturated rings. The molecule has 19 heavy (non-hydrogen) atoms. The van der Waals surface area contributed by atoms with E-state index in [0.717, 1.165) is 0 Å². The van der Waals surface area contributed by atoms with Crippen LogP contribution in [-0.2, 0) is 9.84 Å². The fourth-order valence-corrected chi connectivity index (χ4v) is 3.04. The second-order valence-corrected chi connectivity index (χ2v) is 6.99. The van der Waals surface area contributed by atoms with Gasteiger partial charge in [-0.15, -0.1) is 0 Å². The number of ether oxygens (including phenoxy) is 1. The predicted octanol–water partition coefficient (Wildman–Crippen LogP) is 1.48. The Kier molecular flexibility index (Phi) is 5.20. The average Bonchev–Trinajstić information content (AvgIpc) is 2.25. The van der Waals surface area contributed by atoms with Gasteiger partial charge in [0.1, 0.15) is 21.3 Å². The maximum atomic E-state index is 11.2. The second-order valence-electron chi connectivity index (χ2n) is 4.81. The molecule has 5 nitrogen and oxygen atoms in total. The smallest absolute Gasteiger partial charge is 0.148 e. The van der Waals surface area contributed by atoms with E-state index in [1.165, 1.54) is 19.4 Å². The summed E-state index contributed by atoms with van der Waals surface area (Å²) in [6, 6.07) is 4.72. The molecule has 2 unspecified atom stereocenters. The van der Waals surface area contributed by atoms with Gasteiger partial charge in [0.05, 0.1) is 12.9 Å². The Morgan fingerprint density at radius 2 is 2.00 bits per heavy atom. The van der Waals surface area contributed by atoms with Crippen molar-refractivity contribution >= 4 is 9.84 Å². The number of benzene rings is 1. The first-order valence-electron chi connectivity index (χ1n) is 6.03. The molecule has 0 heterocycles. The van der Waals surface area contributed by atoms with Gasteiger partial charge in [-0.05, 0) is 19.9 Å². The summed E-state index contributed by atoms with van der Waals surface area (Å²) >= 11 is 0. The van der Waals surface area contributed by atoms with Crippen LogP contribution in [0.15, 0.2) is 18.2 Å². The van der Waals surface area contributed by atoms with Crippen LogP contribution in [0.25, 0.3) is 0 Å². The Labute approximate surface area is 114 Å². The molecule has 2 N–H and O–H groups in total. The lowest BCUT2D eigenvalue weighted by atomic mass is 10.1. The summed E-state index contributed by atoms with van der Waals surface area (Å²) < 4.78 is 27.4. The Balaban J connectivity index is 2.75. The molecule has 0 saturated carbocycles. The number of sulfone groups is 1. The first-order valence-corrected chi connectivity index (χ1v) is 8.09. The molecular weight excluding hydrogens is 266 g/mol. The van der Waals surface area contributed by atoms with Crippen molar-refractivity contribution in [3.63, 3.8) is 0 Å². The van der Waals surface area contributed by atoms with Gasteiger partial charge in [-0.1, -0.05) is 6.07 Å². The van der Waals surface area contributed by atoms with Crippen molar-refractivity contribution in [2.75, 3.05) is 19.1 Å². The Morgan fingerprint density at radius 3 is 2.47 bits per heavy atom. The normalized spacial score (nSPS) is 14.9. The summed E-state index contributed by atoms with van der Waals surface area (Å²) in [7, 11) is -1.48. The van der Waals surface area contributed by atoms with Crippen LogP contribution in [0.1, 0.15) is 25.5 Å². The minimum atomic E-state index is -3.02. The highest BCUT2D eigenvalue weighted by Crippen LogP contribution is 2.28. The van der Waals surface area contributed by atoms with Crippen molar-refractivity contribution in [1.29, 1.82) is 0 Å². The number of hydrogen-bond acceptors (Lipinski definition) is 5. The van der Waals surface area contributed by atoms with Crippen molar-refractivity contribution < 1.29 is 18.3 Å². The highest BCUT2D eigenvalue weighted by Gasteiger charge is 2.16. The predicted molar refractivity (Wildman–Crippen MR) is 75.4 cm³/mol. The lowest BCUT2D eigenvalue weighted by Gasteiger charge is -2.20. The summed E-state index contributed by atoms with van der Waals surface area (Å²) in [5.41, 5.74) is 0.709. The van der Waals surface area contributed by atoms with Crippen LogP contribution >= 0.6 is 0 Å². The first-order chi connectivity index (χ1) is 8.73. The van der Waals surface area contributed by atoms with E-state index in [9.17, 15) is 13.5 Å². The van der Waals surface area contributed by atoms with E-state index in [1.54, 1.807) is 19.1 Å². The van der Waals surface area contributed by atoms with E-state index in [1.807, 2.05) is 6.92 Å². The molecule has 108 valence electrons. The lowest BCUT2D eigenvalue weighted by Crippen LogP contribution is -2.34. The van der Waals surface area contributed by atoms with Crippen LogP contribution in [0.2, 0.25) is 0 Å². The third kappa shape index (κ3) is 5.08. The summed E-state index contributed by atoms with van der Waals surface area (Å²) in [6.45, 7) is 3.68. The Hall–Kier alpha value is -1.27. The molecule has 6 heteroatoms. The quantitative estimate of drug-likeness (QED) is 0.829. The molecule has 1 rings (SSSR count). The minimum Gasteiger partial charge on any atom is -0.507 e. The van der Waals surface area contributed by atoms with Crippen molar-refractivity contribution in [2.24, 2.45) is 0 Å². The van der Waals surface area contributed by atoms with Crippen molar-refractivity contribution in [3.05, 3.63) is 23.8 Å². The van der Waals surface area contributed by atoms with Gasteiger partial charge in [0.2, 0.25) is 0 Å². The summed E-state index contributed by atoms with van der Waals surface area (Å²) in [4.78, 5) is 0.